The van der Waals surface area contributed by atoms with E-state index in [4.69, 9.17) is 4.74 Å². The summed E-state index contributed by atoms with van der Waals surface area (Å²) in [4.78, 5) is 0. The Labute approximate surface area is 105 Å². The molecule has 0 aliphatic carbocycles. The lowest BCUT2D eigenvalue weighted by Crippen LogP contribution is -2.17. The van der Waals surface area contributed by atoms with Crippen molar-refractivity contribution in [1.82, 2.24) is 5.32 Å². The zero-order valence-electron chi connectivity index (χ0n) is 12.0. The molecule has 0 atom stereocenters. The number of benzene rings is 1. The molecule has 1 rings (SSSR count). The van der Waals surface area contributed by atoms with E-state index in [9.17, 15) is 0 Å². The maximum Gasteiger partial charge on any atom is 0.127 e. The molecule has 17 heavy (non-hydrogen) atoms. The van der Waals surface area contributed by atoms with Crippen molar-refractivity contribution in [2.45, 2.75) is 46.6 Å². The smallest absolute Gasteiger partial charge is 0.127 e. The number of rotatable bonds is 4. The number of aryl methyl sites for hydroxylation is 1. The van der Waals surface area contributed by atoms with Gasteiger partial charge in [0.1, 0.15) is 5.75 Å². The van der Waals surface area contributed by atoms with Gasteiger partial charge in [-0.1, -0.05) is 45.4 Å². The summed E-state index contributed by atoms with van der Waals surface area (Å²) in [7, 11) is 1.76. The Morgan fingerprint density at radius 3 is 2.35 bits per heavy atom. The van der Waals surface area contributed by atoms with E-state index in [0.717, 1.165) is 18.8 Å². The van der Waals surface area contributed by atoms with Crippen molar-refractivity contribution in [2.24, 2.45) is 0 Å². The van der Waals surface area contributed by atoms with E-state index in [1.807, 2.05) is 0 Å². The maximum atomic E-state index is 5.62. The van der Waals surface area contributed by atoms with Gasteiger partial charge in [-0.3, -0.25) is 0 Å². The second-order valence-corrected chi connectivity index (χ2v) is 5.54. The fourth-order valence-electron chi connectivity index (χ4n) is 2.04. The second-order valence-electron chi connectivity index (χ2n) is 5.54. The highest BCUT2D eigenvalue weighted by molar-refractivity contribution is 5.47. The van der Waals surface area contributed by atoms with Crippen molar-refractivity contribution >= 4 is 0 Å². The van der Waals surface area contributed by atoms with Crippen molar-refractivity contribution < 1.29 is 4.74 Å². The van der Waals surface area contributed by atoms with Gasteiger partial charge < -0.3 is 10.1 Å². The van der Waals surface area contributed by atoms with Gasteiger partial charge in [0.05, 0.1) is 7.11 Å². The molecule has 1 N–H and O–H groups in total. The predicted molar refractivity (Wildman–Crippen MR) is 73.8 cm³/mol. The highest BCUT2D eigenvalue weighted by atomic mass is 16.5. The number of methoxy groups -OCH3 is 1. The summed E-state index contributed by atoms with van der Waals surface area (Å²) < 4.78 is 5.62. The van der Waals surface area contributed by atoms with Crippen LogP contribution in [0, 0.1) is 6.92 Å². The van der Waals surface area contributed by atoms with Gasteiger partial charge in [-0.2, -0.15) is 0 Å². The third-order valence-electron chi connectivity index (χ3n) is 2.89. The van der Waals surface area contributed by atoms with E-state index in [1.54, 1.807) is 7.11 Å². The lowest BCUT2D eigenvalue weighted by atomic mass is 9.84. The summed E-state index contributed by atoms with van der Waals surface area (Å²) in [6.45, 7) is 12.8. The minimum Gasteiger partial charge on any atom is -0.496 e. The van der Waals surface area contributed by atoms with Crippen LogP contribution in [0.2, 0.25) is 0 Å². The van der Waals surface area contributed by atoms with Gasteiger partial charge >= 0.3 is 0 Å². The van der Waals surface area contributed by atoms with Crippen molar-refractivity contribution in [1.29, 1.82) is 0 Å². The van der Waals surface area contributed by atoms with Crippen molar-refractivity contribution in [3.05, 3.63) is 28.8 Å². The first-order valence-corrected chi connectivity index (χ1v) is 6.28. The molecule has 0 unspecified atom stereocenters. The van der Waals surface area contributed by atoms with Gasteiger partial charge in [0.25, 0.3) is 0 Å². The Kier molecular flexibility index (Phi) is 4.58. The number of nitrogens with one attached hydrogen (secondary N) is 1. The van der Waals surface area contributed by atoms with Crippen LogP contribution in [0.15, 0.2) is 12.1 Å². The molecule has 2 nitrogen and oxygen atoms in total. The molecule has 0 heterocycles. The molecule has 0 aromatic heterocycles. The molecule has 96 valence electrons. The molecule has 0 aliphatic rings. The van der Waals surface area contributed by atoms with Crippen LogP contribution in [0.5, 0.6) is 5.75 Å². The highest BCUT2D eigenvalue weighted by Crippen LogP contribution is 2.35. The largest absolute Gasteiger partial charge is 0.496 e. The Bertz CT molecular complexity index is 377. The molecular weight excluding hydrogens is 210 g/mol. The Hall–Kier alpha value is -1.02. The molecular formula is C15H25NO. The van der Waals surface area contributed by atoms with Gasteiger partial charge in [-0.05, 0) is 18.9 Å². The Balaban J connectivity index is 3.25. The SMILES string of the molecule is CCNCc1cc(C)cc(C(C)(C)C)c1OC. The van der Waals surface area contributed by atoms with E-state index in [1.165, 1.54) is 16.7 Å². The van der Waals surface area contributed by atoms with Crippen molar-refractivity contribution in [3.8, 4) is 5.75 Å². The van der Waals surface area contributed by atoms with E-state index >= 15 is 0 Å². The zero-order chi connectivity index (χ0) is 13.1. The summed E-state index contributed by atoms with van der Waals surface area (Å²) >= 11 is 0. The summed E-state index contributed by atoms with van der Waals surface area (Å²) in [6.07, 6.45) is 0. The highest BCUT2D eigenvalue weighted by Gasteiger charge is 2.21. The first-order chi connectivity index (χ1) is 7.90. The van der Waals surface area contributed by atoms with Crippen LogP contribution in [-0.4, -0.2) is 13.7 Å². The summed E-state index contributed by atoms with van der Waals surface area (Å²) in [5.74, 6) is 1.03. The minimum absolute atomic E-state index is 0.109. The molecule has 1 aromatic carbocycles. The topological polar surface area (TPSA) is 21.3 Å². The standard InChI is InChI=1S/C15H25NO/c1-7-16-10-12-8-11(2)9-13(14(12)17-6)15(3,4)5/h8-9,16H,7,10H2,1-6H3. The van der Waals surface area contributed by atoms with Crippen LogP contribution in [-0.2, 0) is 12.0 Å². The van der Waals surface area contributed by atoms with Gasteiger partial charge in [0, 0.05) is 17.7 Å². The number of ether oxygens (including phenoxy) is 1. The van der Waals surface area contributed by atoms with Gasteiger partial charge in [-0.15, -0.1) is 0 Å². The average molecular weight is 235 g/mol. The molecule has 0 aliphatic heterocycles. The fraction of sp³-hybridized carbons (Fsp3) is 0.600. The Morgan fingerprint density at radius 1 is 1.24 bits per heavy atom. The molecule has 0 fully saturated rings. The van der Waals surface area contributed by atoms with Crippen LogP contribution >= 0.6 is 0 Å². The van der Waals surface area contributed by atoms with Gasteiger partial charge in [0.15, 0.2) is 0 Å². The molecule has 0 amide bonds. The van der Waals surface area contributed by atoms with Crippen LogP contribution in [0.3, 0.4) is 0 Å². The second kappa shape index (κ2) is 5.54. The minimum atomic E-state index is 0.109. The summed E-state index contributed by atoms with van der Waals surface area (Å²) in [5.41, 5.74) is 3.94. The van der Waals surface area contributed by atoms with Crippen LogP contribution in [0.25, 0.3) is 0 Å². The Morgan fingerprint density at radius 2 is 1.88 bits per heavy atom. The maximum absolute atomic E-state index is 5.62. The first-order valence-electron chi connectivity index (χ1n) is 6.28. The molecule has 0 saturated heterocycles. The van der Waals surface area contributed by atoms with Gasteiger partial charge in [-0.25, -0.2) is 0 Å². The molecule has 0 saturated carbocycles. The molecule has 0 spiro atoms. The molecule has 1 aromatic rings. The zero-order valence-corrected chi connectivity index (χ0v) is 12.0. The molecule has 0 radical (unpaired) electrons. The third-order valence-corrected chi connectivity index (χ3v) is 2.89. The fourth-order valence-corrected chi connectivity index (χ4v) is 2.04. The summed E-state index contributed by atoms with van der Waals surface area (Å²) in [5, 5.41) is 3.37. The molecule has 0 bridgehead atoms. The van der Waals surface area contributed by atoms with E-state index < -0.39 is 0 Å². The molecule has 2 heteroatoms. The lowest BCUT2D eigenvalue weighted by molar-refractivity contribution is 0.391. The number of hydrogen-bond donors (Lipinski definition) is 1. The van der Waals surface area contributed by atoms with Crippen LogP contribution in [0.4, 0.5) is 0 Å². The van der Waals surface area contributed by atoms with Crippen molar-refractivity contribution in [3.63, 3.8) is 0 Å². The van der Waals surface area contributed by atoms with Crippen LogP contribution in [0.1, 0.15) is 44.4 Å². The predicted octanol–water partition coefficient (Wildman–Crippen LogP) is 3.41. The first kappa shape index (κ1) is 14.0. The van der Waals surface area contributed by atoms with E-state index in [-0.39, 0.29) is 5.41 Å². The van der Waals surface area contributed by atoms with Crippen molar-refractivity contribution in [2.75, 3.05) is 13.7 Å². The lowest BCUT2D eigenvalue weighted by Gasteiger charge is -2.25. The quantitative estimate of drug-likeness (QED) is 0.863. The number of hydrogen-bond acceptors (Lipinski definition) is 2. The van der Waals surface area contributed by atoms with Crippen LogP contribution < -0.4 is 10.1 Å². The van der Waals surface area contributed by atoms with E-state index in [2.05, 4.69) is 52.1 Å². The van der Waals surface area contributed by atoms with E-state index in [0.29, 0.717) is 0 Å². The normalized spacial score (nSPS) is 11.6. The summed E-state index contributed by atoms with van der Waals surface area (Å²) in [6, 6.07) is 4.44. The third kappa shape index (κ3) is 3.47. The monoisotopic (exact) mass is 235 g/mol. The van der Waals surface area contributed by atoms with Gasteiger partial charge in [0.2, 0.25) is 0 Å². The average Bonchev–Trinajstić information content (AvgIpc) is 2.24.